The van der Waals surface area contributed by atoms with Crippen LogP contribution in [0.15, 0.2) is 72.1 Å². The minimum absolute atomic E-state index is 0.181. The van der Waals surface area contributed by atoms with E-state index in [1.807, 2.05) is 24.3 Å². The van der Waals surface area contributed by atoms with Crippen molar-refractivity contribution in [1.29, 1.82) is 0 Å². The molecule has 3 amide bonds. The summed E-state index contributed by atoms with van der Waals surface area (Å²) in [5.41, 5.74) is 2.89. The molecule has 4 rings (SSSR count). The summed E-state index contributed by atoms with van der Waals surface area (Å²) < 4.78 is 0. The third-order valence-corrected chi connectivity index (χ3v) is 5.39. The van der Waals surface area contributed by atoms with E-state index >= 15 is 0 Å². The lowest BCUT2D eigenvalue weighted by Crippen LogP contribution is -2.38. The van der Waals surface area contributed by atoms with Crippen LogP contribution in [0.25, 0.3) is 0 Å². The van der Waals surface area contributed by atoms with Crippen molar-refractivity contribution >= 4 is 35.1 Å². The zero-order valence-corrected chi connectivity index (χ0v) is 16.4. The van der Waals surface area contributed by atoms with E-state index in [0.717, 1.165) is 22.0 Å². The van der Waals surface area contributed by atoms with Gasteiger partial charge in [0.2, 0.25) is 0 Å². The third kappa shape index (κ3) is 4.55. The summed E-state index contributed by atoms with van der Waals surface area (Å²) in [6.45, 7) is 1.02. The van der Waals surface area contributed by atoms with Crippen LogP contribution in [0, 0.1) is 0 Å². The minimum atomic E-state index is -0.215. The van der Waals surface area contributed by atoms with E-state index in [2.05, 4.69) is 20.6 Å². The summed E-state index contributed by atoms with van der Waals surface area (Å²) in [6, 6.07) is 14.1. The molecule has 1 aromatic carbocycles. The molecule has 2 aromatic heterocycles. The van der Waals surface area contributed by atoms with Gasteiger partial charge in [0.25, 0.3) is 5.91 Å². The predicted octanol–water partition coefficient (Wildman–Crippen LogP) is 3.55. The molecule has 1 aliphatic heterocycles. The monoisotopic (exact) mass is 405 g/mol. The van der Waals surface area contributed by atoms with Crippen LogP contribution in [0.3, 0.4) is 0 Å². The standard InChI is InChI=1S/C21H19N5O2S/c27-19(24-14-15-3-1-9-22-13-15)16-5-7-17(8-6-16)25-21(28)26-11-12-29-20-18(26)4-2-10-23-20/h1-10,13H,11-12,14H2,(H,24,27)(H,25,28). The quantitative estimate of drug-likeness (QED) is 0.693. The summed E-state index contributed by atoms with van der Waals surface area (Å²) in [5.74, 6) is 0.618. The number of nitrogens with zero attached hydrogens (tertiary/aromatic N) is 3. The van der Waals surface area contributed by atoms with Gasteiger partial charge in [-0.25, -0.2) is 9.78 Å². The molecule has 0 unspecified atom stereocenters. The molecule has 1 aliphatic rings. The Morgan fingerprint density at radius 3 is 2.69 bits per heavy atom. The lowest BCUT2D eigenvalue weighted by Gasteiger charge is -2.28. The van der Waals surface area contributed by atoms with Gasteiger partial charge in [-0.1, -0.05) is 6.07 Å². The molecule has 8 heteroatoms. The van der Waals surface area contributed by atoms with Crippen LogP contribution in [0.4, 0.5) is 16.2 Å². The number of amides is 3. The summed E-state index contributed by atoms with van der Waals surface area (Å²) in [7, 11) is 0. The van der Waals surface area contributed by atoms with Crippen molar-refractivity contribution in [2.45, 2.75) is 11.6 Å². The number of rotatable bonds is 4. The number of carbonyl (C=O) groups is 2. The third-order valence-electron chi connectivity index (χ3n) is 4.41. The molecular formula is C21H19N5O2S. The number of hydrogen-bond acceptors (Lipinski definition) is 5. The first-order valence-electron chi connectivity index (χ1n) is 9.14. The van der Waals surface area contributed by atoms with Crippen molar-refractivity contribution in [3.8, 4) is 0 Å². The molecule has 0 atom stereocenters. The number of nitrogens with one attached hydrogen (secondary N) is 2. The van der Waals surface area contributed by atoms with Crippen LogP contribution < -0.4 is 15.5 Å². The van der Waals surface area contributed by atoms with E-state index in [0.29, 0.717) is 24.3 Å². The average Bonchev–Trinajstić information content (AvgIpc) is 2.78. The van der Waals surface area contributed by atoms with Gasteiger partial charge in [-0.3, -0.25) is 14.7 Å². The number of anilines is 2. The number of urea groups is 1. The van der Waals surface area contributed by atoms with E-state index in [4.69, 9.17) is 0 Å². The molecule has 2 N–H and O–H groups in total. The van der Waals surface area contributed by atoms with Crippen molar-refractivity contribution in [1.82, 2.24) is 15.3 Å². The maximum atomic E-state index is 12.7. The highest BCUT2D eigenvalue weighted by Gasteiger charge is 2.23. The Kier molecular flexibility index (Phi) is 5.71. The Morgan fingerprint density at radius 1 is 1.07 bits per heavy atom. The molecule has 0 spiro atoms. The average molecular weight is 405 g/mol. The largest absolute Gasteiger partial charge is 0.348 e. The molecule has 146 valence electrons. The van der Waals surface area contributed by atoms with Gasteiger partial charge < -0.3 is 10.6 Å². The maximum Gasteiger partial charge on any atom is 0.326 e. The first-order valence-corrected chi connectivity index (χ1v) is 10.1. The highest BCUT2D eigenvalue weighted by atomic mass is 32.2. The number of benzene rings is 1. The van der Waals surface area contributed by atoms with Crippen LogP contribution in [0.2, 0.25) is 0 Å². The van der Waals surface area contributed by atoms with Crippen LogP contribution in [0.1, 0.15) is 15.9 Å². The van der Waals surface area contributed by atoms with Gasteiger partial charge in [0.1, 0.15) is 5.03 Å². The van der Waals surface area contributed by atoms with Gasteiger partial charge in [0, 0.05) is 48.7 Å². The predicted molar refractivity (Wildman–Crippen MR) is 113 cm³/mol. The van der Waals surface area contributed by atoms with E-state index < -0.39 is 0 Å². The van der Waals surface area contributed by atoms with Gasteiger partial charge in [0.15, 0.2) is 0 Å². The molecule has 0 saturated carbocycles. The molecule has 0 saturated heterocycles. The van der Waals surface area contributed by atoms with Crippen LogP contribution in [-0.4, -0.2) is 34.2 Å². The van der Waals surface area contributed by atoms with Crippen LogP contribution in [0.5, 0.6) is 0 Å². The van der Waals surface area contributed by atoms with Crippen molar-refractivity contribution in [2.24, 2.45) is 0 Å². The van der Waals surface area contributed by atoms with Crippen molar-refractivity contribution < 1.29 is 9.59 Å². The van der Waals surface area contributed by atoms with Gasteiger partial charge in [-0.2, -0.15) is 0 Å². The lowest BCUT2D eigenvalue weighted by molar-refractivity contribution is 0.0951. The maximum absolute atomic E-state index is 12.7. The number of fused-ring (bicyclic) bond motifs is 1. The fourth-order valence-electron chi connectivity index (χ4n) is 2.95. The molecule has 29 heavy (non-hydrogen) atoms. The first-order chi connectivity index (χ1) is 14.2. The van der Waals surface area contributed by atoms with Crippen LogP contribution >= 0.6 is 11.8 Å². The number of thioether (sulfide) groups is 1. The Bertz CT molecular complexity index is 1010. The fourth-order valence-corrected chi connectivity index (χ4v) is 3.88. The fraction of sp³-hybridized carbons (Fsp3) is 0.143. The first kappa shape index (κ1) is 18.9. The van der Waals surface area contributed by atoms with E-state index in [1.165, 1.54) is 0 Å². The number of carbonyl (C=O) groups excluding carboxylic acids is 2. The second-order valence-corrected chi connectivity index (χ2v) is 7.46. The second-order valence-electron chi connectivity index (χ2n) is 6.38. The number of pyridine rings is 2. The highest BCUT2D eigenvalue weighted by Crippen LogP contribution is 2.32. The molecule has 0 aliphatic carbocycles. The Balaban J connectivity index is 1.37. The second kappa shape index (κ2) is 8.74. The number of hydrogen-bond donors (Lipinski definition) is 2. The molecule has 3 heterocycles. The lowest BCUT2D eigenvalue weighted by atomic mass is 10.2. The minimum Gasteiger partial charge on any atom is -0.348 e. The molecule has 0 fully saturated rings. The van der Waals surface area contributed by atoms with Gasteiger partial charge in [-0.05, 0) is 48.0 Å². The topological polar surface area (TPSA) is 87.2 Å². The summed E-state index contributed by atoms with van der Waals surface area (Å²) in [6.07, 6.45) is 5.13. The zero-order valence-electron chi connectivity index (χ0n) is 15.5. The number of aromatic nitrogens is 2. The van der Waals surface area contributed by atoms with Gasteiger partial charge in [-0.15, -0.1) is 11.8 Å². The Morgan fingerprint density at radius 2 is 1.90 bits per heavy atom. The van der Waals surface area contributed by atoms with E-state index in [9.17, 15) is 9.59 Å². The molecule has 0 radical (unpaired) electrons. The summed E-state index contributed by atoms with van der Waals surface area (Å²) in [4.78, 5) is 35.0. The smallest absolute Gasteiger partial charge is 0.326 e. The Labute approximate surface area is 172 Å². The normalized spacial score (nSPS) is 12.8. The van der Waals surface area contributed by atoms with Crippen molar-refractivity contribution in [2.75, 3.05) is 22.5 Å². The molecular weight excluding hydrogens is 386 g/mol. The van der Waals surface area contributed by atoms with Gasteiger partial charge in [0.05, 0.1) is 5.69 Å². The van der Waals surface area contributed by atoms with Gasteiger partial charge >= 0.3 is 6.03 Å². The molecule has 3 aromatic rings. The molecule has 7 nitrogen and oxygen atoms in total. The van der Waals surface area contributed by atoms with E-state index in [1.54, 1.807) is 59.5 Å². The summed E-state index contributed by atoms with van der Waals surface area (Å²) in [5, 5.41) is 6.60. The van der Waals surface area contributed by atoms with E-state index in [-0.39, 0.29) is 11.9 Å². The van der Waals surface area contributed by atoms with Crippen molar-refractivity contribution in [3.63, 3.8) is 0 Å². The highest BCUT2D eigenvalue weighted by molar-refractivity contribution is 7.99. The van der Waals surface area contributed by atoms with Crippen LogP contribution in [-0.2, 0) is 6.54 Å². The zero-order chi connectivity index (χ0) is 20.1. The van der Waals surface area contributed by atoms with Crippen molar-refractivity contribution in [3.05, 3.63) is 78.2 Å². The molecule has 0 bridgehead atoms. The SMILES string of the molecule is O=C(NCc1cccnc1)c1ccc(NC(=O)N2CCSc3ncccc32)cc1. The Hall–Kier alpha value is -3.39. The summed E-state index contributed by atoms with van der Waals surface area (Å²) >= 11 is 1.64.